The van der Waals surface area contributed by atoms with Crippen molar-refractivity contribution in [3.05, 3.63) is 30.3 Å². The van der Waals surface area contributed by atoms with Crippen LogP contribution in [0.3, 0.4) is 0 Å². The number of hydrazone groups is 1. The number of hydrogen-bond donors (Lipinski definition) is 4. The number of hydrogen-bond acceptors (Lipinski definition) is 4. The van der Waals surface area contributed by atoms with Crippen LogP contribution in [0.4, 0.5) is 5.69 Å². The molecule has 0 atom stereocenters. The van der Waals surface area contributed by atoms with Crippen molar-refractivity contribution >= 4 is 23.1 Å². The van der Waals surface area contributed by atoms with Gasteiger partial charge in [-0.15, -0.1) is 0 Å². The van der Waals surface area contributed by atoms with Crippen molar-refractivity contribution in [1.82, 2.24) is 4.90 Å². The average molecular weight is 246 g/mol. The summed E-state index contributed by atoms with van der Waals surface area (Å²) in [5.41, 5.74) is 9.13. The zero-order valence-corrected chi connectivity index (χ0v) is 10.6. The maximum atomic E-state index is 7.88. The molecule has 0 bridgehead atoms. The van der Waals surface area contributed by atoms with Crippen molar-refractivity contribution in [1.29, 1.82) is 10.8 Å². The predicted octanol–water partition coefficient (Wildman–Crippen LogP) is 1.32. The SMILES string of the molecule is CCN(C)C(=N)C(=NNc1ccccc1)C(=N)N. The first-order valence-corrected chi connectivity index (χ1v) is 5.59. The maximum absolute atomic E-state index is 7.88. The molecular formula is C12H18N6. The molecule has 6 nitrogen and oxygen atoms in total. The molecule has 1 aromatic carbocycles. The molecule has 0 radical (unpaired) electrons. The first kappa shape index (κ1) is 13.7. The van der Waals surface area contributed by atoms with E-state index in [1.54, 1.807) is 11.9 Å². The highest BCUT2D eigenvalue weighted by molar-refractivity contribution is 6.66. The number of nitrogens with one attached hydrogen (secondary N) is 3. The average Bonchev–Trinajstić information content (AvgIpc) is 2.38. The van der Waals surface area contributed by atoms with Crippen LogP contribution in [-0.2, 0) is 0 Å². The number of benzene rings is 1. The van der Waals surface area contributed by atoms with Crippen LogP contribution in [0.5, 0.6) is 0 Å². The topological polar surface area (TPSA) is 101 Å². The predicted molar refractivity (Wildman–Crippen MR) is 75.4 cm³/mol. The van der Waals surface area contributed by atoms with E-state index in [1.165, 1.54) is 0 Å². The number of nitrogens with zero attached hydrogens (tertiary/aromatic N) is 2. The second-order valence-electron chi connectivity index (χ2n) is 3.71. The molecule has 0 saturated carbocycles. The lowest BCUT2D eigenvalue weighted by molar-refractivity contribution is 0.539. The van der Waals surface area contributed by atoms with Gasteiger partial charge in [-0.3, -0.25) is 16.2 Å². The molecule has 0 saturated heterocycles. The second kappa shape index (κ2) is 6.39. The number of para-hydroxylation sites is 1. The van der Waals surface area contributed by atoms with Gasteiger partial charge in [0.2, 0.25) is 0 Å². The first-order chi connectivity index (χ1) is 8.56. The molecule has 0 amide bonds. The summed E-state index contributed by atoms with van der Waals surface area (Å²) in [5.74, 6) is -0.114. The van der Waals surface area contributed by atoms with Crippen LogP contribution in [0, 0.1) is 10.8 Å². The Morgan fingerprint density at radius 3 is 2.44 bits per heavy atom. The maximum Gasteiger partial charge on any atom is 0.166 e. The molecule has 18 heavy (non-hydrogen) atoms. The number of rotatable bonds is 5. The van der Waals surface area contributed by atoms with Crippen molar-refractivity contribution in [2.45, 2.75) is 6.92 Å². The Hall–Kier alpha value is -2.37. The monoisotopic (exact) mass is 246 g/mol. The van der Waals surface area contributed by atoms with Gasteiger partial charge in [-0.1, -0.05) is 18.2 Å². The highest BCUT2D eigenvalue weighted by atomic mass is 15.3. The molecule has 0 heterocycles. The molecule has 5 N–H and O–H groups in total. The van der Waals surface area contributed by atoms with Crippen LogP contribution in [-0.4, -0.2) is 35.9 Å². The molecule has 1 rings (SSSR count). The van der Waals surface area contributed by atoms with E-state index in [4.69, 9.17) is 16.6 Å². The van der Waals surface area contributed by atoms with Gasteiger partial charge in [0.1, 0.15) is 5.84 Å². The fraction of sp³-hybridized carbons (Fsp3) is 0.250. The van der Waals surface area contributed by atoms with Gasteiger partial charge in [0, 0.05) is 13.6 Å². The van der Waals surface area contributed by atoms with Gasteiger partial charge in [0.25, 0.3) is 0 Å². The van der Waals surface area contributed by atoms with Gasteiger partial charge in [-0.25, -0.2) is 0 Å². The van der Waals surface area contributed by atoms with E-state index in [0.717, 1.165) is 5.69 Å². The fourth-order valence-corrected chi connectivity index (χ4v) is 1.21. The quantitative estimate of drug-likeness (QED) is 0.358. The van der Waals surface area contributed by atoms with Crippen LogP contribution in [0.25, 0.3) is 0 Å². The van der Waals surface area contributed by atoms with Gasteiger partial charge in [0.15, 0.2) is 11.5 Å². The van der Waals surface area contributed by atoms with Crippen LogP contribution < -0.4 is 11.2 Å². The Balaban J connectivity index is 2.86. The highest BCUT2D eigenvalue weighted by Crippen LogP contribution is 2.04. The minimum atomic E-state index is -0.233. The third kappa shape index (κ3) is 3.58. The Labute approximate surface area is 107 Å². The Bertz CT molecular complexity index is 451. The summed E-state index contributed by atoms with van der Waals surface area (Å²) in [4.78, 5) is 1.66. The van der Waals surface area contributed by atoms with E-state index in [1.807, 2.05) is 37.3 Å². The third-order valence-corrected chi connectivity index (χ3v) is 2.41. The van der Waals surface area contributed by atoms with Crippen LogP contribution in [0.15, 0.2) is 35.4 Å². The molecule has 0 aliphatic carbocycles. The summed E-state index contributed by atoms with van der Waals surface area (Å²) >= 11 is 0. The molecule has 0 unspecified atom stereocenters. The molecule has 0 spiro atoms. The molecule has 6 heteroatoms. The van der Waals surface area contributed by atoms with Gasteiger partial charge < -0.3 is 10.6 Å². The van der Waals surface area contributed by atoms with Crippen molar-refractivity contribution in [3.8, 4) is 0 Å². The Kier molecular flexibility index (Phi) is 4.86. The van der Waals surface area contributed by atoms with Gasteiger partial charge >= 0.3 is 0 Å². The summed E-state index contributed by atoms with van der Waals surface area (Å²) < 4.78 is 0. The summed E-state index contributed by atoms with van der Waals surface area (Å²) in [6.45, 7) is 2.56. The van der Waals surface area contributed by atoms with E-state index in [9.17, 15) is 0 Å². The molecule has 0 aliphatic rings. The highest BCUT2D eigenvalue weighted by Gasteiger charge is 2.14. The van der Waals surface area contributed by atoms with Gasteiger partial charge in [0.05, 0.1) is 5.69 Å². The van der Waals surface area contributed by atoms with Crippen molar-refractivity contribution < 1.29 is 0 Å². The van der Waals surface area contributed by atoms with E-state index in [0.29, 0.717) is 6.54 Å². The first-order valence-electron chi connectivity index (χ1n) is 5.59. The Morgan fingerprint density at radius 1 is 1.33 bits per heavy atom. The lowest BCUT2D eigenvalue weighted by Gasteiger charge is -2.18. The summed E-state index contributed by atoms with van der Waals surface area (Å²) in [6.07, 6.45) is 0. The Morgan fingerprint density at radius 2 is 1.94 bits per heavy atom. The van der Waals surface area contributed by atoms with Gasteiger partial charge in [-0.05, 0) is 19.1 Å². The number of anilines is 1. The molecule has 0 fully saturated rings. The zero-order chi connectivity index (χ0) is 13.5. The minimum absolute atomic E-state index is 0.119. The minimum Gasteiger partial charge on any atom is -0.382 e. The van der Waals surface area contributed by atoms with Crippen molar-refractivity contribution in [2.75, 3.05) is 19.0 Å². The van der Waals surface area contributed by atoms with E-state index in [2.05, 4.69) is 10.5 Å². The van der Waals surface area contributed by atoms with E-state index in [-0.39, 0.29) is 17.4 Å². The normalized spacial score (nSPS) is 10.9. The fourth-order valence-electron chi connectivity index (χ4n) is 1.21. The lowest BCUT2D eigenvalue weighted by atomic mass is 10.3. The second-order valence-corrected chi connectivity index (χ2v) is 3.71. The summed E-state index contributed by atoms with van der Waals surface area (Å²) in [6, 6.07) is 9.32. The summed E-state index contributed by atoms with van der Waals surface area (Å²) in [7, 11) is 1.75. The third-order valence-electron chi connectivity index (χ3n) is 2.41. The summed E-state index contributed by atoms with van der Waals surface area (Å²) in [5, 5.41) is 19.4. The van der Waals surface area contributed by atoms with Crippen molar-refractivity contribution in [3.63, 3.8) is 0 Å². The number of amidine groups is 2. The molecule has 1 aromatic rings. The van der Waals surface area contributed by atoms with E-state index >= 15 is 0 Å². The van der Waals surface area contributed by atoms with E-state index < -0.39 is 0 Å². The van der Waals surface area contributed by atoms with Crippen LogP contribution in [0.1, 0.15) is 6.92 Å². The van der Waals surface area contributed by atoms with Gasteiger partial charge in [-0.2, -0.15) is 5.10 Å². The number of nitrogens with two attached hydrogens (primary N) is 1. The smallest absolute Gasteiger partial charge is 0.166 e. The van der Waals surface area contributed by atoms with Crippen LogP contribution >= 0.6 is 0 Å². The lowest BCUT2D eigenvalue weighted by Crippen LogP contribution is -2.40. The molecule has 96 valence electrons. The largest absolute Gasteiger partial charge is 0.382 e. The van der Waals surface area contributed by atoms with Crippen molar-refractivity contribution in [2.24, 2.45) is 10.8 Å². The molecule has 0 aromatic heterocycles. The zero-order valence-electron chi connectivity index (χ0n) is 10.6. The van der Waals surface area contributed by atoms with Crippen LogP contribution in [0.2, 0.25) is 0 Å². The molecular weight excluding hydrogens is 228 g/mol. The molecule has 0 aliphatic heterocycles. The standard InChI is InChI=1S/C12H18N6/c1-3-18(2)12(15)10(11(13)14)17-16-9-7-5-4-6-8-9/h4-8,15-16H,3H2,1-2H3,(H3,13,14).